The molecule has 0 bridgehead atoms. The Kier molecular flexibility index (Phi) is 7.41. The van der Waals surface area contributed by atoms with E-state index in [2.05, 4.69) is 108 Å². The molecule has 0 saturated heterocycles. The van der Waals surface area contributed by atoms with Crippen molar-refractivity contribution in [3.63, 3.8) is 0 Å². The van der Waals surface area contributed by atoms with E-state index < -0.39 is 0 Å². The maximum Gasteiger partial charge on any atom is 0.268 e. The molecule has 1 aliphatic heterocycles. The number of carbonyl (C=O) groups excluding carboxylic acids is 2. The van der Waals surface area contributed by atoms with Gasteiger partial charge in [0.1, 0.15) is 0 Å². The Balaban J connectivity index is 1.17. The van der Waals surface area contributed by atoms with E-state index in [4.69, 9.17) is 0 Å². The molecule has 10 rings (SSSR count). The summed E-state index contributed by atoms with van der Waals surface area (Å²) in [4.78, 5) is 30.8. The molecule has 0 unspecified atom stereocenters. The third kappa shape index (κ3) is 5.07. The highest BCUT2D eigenvalue weighted by Gasteiger charge is 2.40. The fourth-order valence-corrected chi connectivity index (χ4v) is 7.97. The standard InChI is InChI=1S/C50H32N2O2/c53-49-40-22-13-23-47(48(40)50(54)52(49)44-27-24-37(33-14-5-1-6-15-33)30-41(44)36-20-11-4-12-21-36)51-45-28-25-38(34-16-7-2-8-17-34)31-42(45)43-32-39(26-29-46(43)51)35-18-9-3-10-19-35/h1-32H. The molecule has 0 saturated carbocycles. The lowest BCUT2D eigenvalue weighted by molar-refractivity contribution is 0.0926. The van der Waals surface area contributed by atoms with E-state index in [1.165, 1.54) is 4.90 Å². The van der Waals surface area contributed by atoms with Gasteiger partial charge in [-0.3, -0.25) is 9.59 Å². The highest BCUT2D eigenvalue weighted by molar-refractivity contribution is 6.36. The van der Waals surface area contributed by atoms with Gasteiger partial charge in [-0.1, -0.05) is 146 Å². The number of aromatic nitrogens is 1. The van der Waals surface area contributed by atoms with Crippen LogP contribution in [0, 0.1) is 0 Å². The number of imide groups is 1. The quantitative estimate of drug-likeness (QED) is 0.163. The third-order valence-electron chi connectivity index (χ3n) is 10.5. The van der Waals surface area contributed by atoms with Crippen LogP contribution in [0.2, 0.25) is 0 Å². The summed E-state index contributed by atoms with van der Waals surface area (Å²) >= 11 is 0. The lowest BCUT2D eigenvalue weighted by Crippen LogP contribution is -2.30. The smallest absolute Gasteiger partial charge is 0.268 e. The molecule has 1 aromatic heterocycles. The molecule has 9 aromatic rings. The number of rotatable bonds is 6. The van der Waals surface area contributed by atoms with Gasteiger partial charge in [0.2, 0.25) is 0 Å². The first kappa shape index (κ1) is 31.4. The van der Waals surface area contributed by atoms with Crippen LogP contribution in [-0.4, -0.2) is 16.4 Å². The van der Waals surface area contributed by atoms with Crippen LogP contribution in [0.3, 0.4) is 0 Å². The first-order valence-corrected chi connectivity index (χ1v) is 18.1. The summed E-state index contributed by atoms with van der Waals surface area (Å²) in [7, 11) is 0. The molecule has 2 amide bonds. The van der Waals surface area contributed by atoms with Crippen molar-refractivity contribution in [2.75, 3.05) is 4.90 Å². The molecule has 0 spiro atoms. The third-order valence-corrected chi connectivity index (χ3v) is 10.5. The molecular formula is C50H32N2O2. The van der Waals surface area contributed by atoms with E-state index in [0.29, 0.717) is 22.5 Å². The summed E-state index contributed by atoms with van der Waals surface area (Å²) in [6.45, 7) is 0. The van der Waals surface area contributed by atoms with Crippen LogP contribution in [0.15, 0.2) is 194 Å². The van der Waals surface area contributed by atoms with Crippen molar-refractivity contribution in [3.05, 3.63) is 205 Å². The molecule has 54 heavy (non-hydrogen) atoms. The van der Waals surface area contributed by atoms with Crippen LogP contribution < -0.4 is 4.90 Å². The van der Waals surface area contributed by atoms with Crippen molar-refractivity contribution in [2.24, 2.45) is 0 Å². The SMILES string of the molecule is O=C1c2cccc(-n3c4ccc(-c5ccccc5)cc4c4cc(-c5ccccc5)ccc43)c2C(=O)N1c1ccc(-c2ccccc2)cc1-c1ccccc1. The summed E-state index contributed by atoms with van der Waals surface area (Å²) in [5.74, 6) is -0.674. The van der Waals surface area contributed by atoms with E-state index in [-0.39, 0.29) is 11.8 Å². The van der Waals surface area contributed by atoms with Gasteiger partial charge >= 0.3 is 0 Å². The summed E-state index contributed by atoms with van der Waals surface area (Å²) in [6, 6.07) is 65.4. The van der Waals surface area contributed by atoms with E-state index in [9.17, 15) is 9.59 Å². The molecule has 254 valence electrons. The zero-order chi connectivity index (χ0) is 36.2. The number of anilines is 1. The van der Waals surface area contributed by atoms with E-state index in [1.54, 1.807) is 6.07 Å². The van der Waals surface area contributed by atoms with Gasteiger partial charge in [-0.15, -0.1) is 0 Å². The minimum Gasteiger partial charge on any atom is -0.308 e. The lowest BCUT2D eigenvalue weighted by atomic mass is 9.97. The molecular weight excluding hydrogens is 661 g/mol. The average Bonchev–Trinajstić information content (AvgIpc) is 3.71. The summed E-state index contributed by atoms with van der Waals surface area (Å²) in [5.41, 5.74) is 12.2. The van der Waals surface area contributed by atoms with E-state index in [0.717, 1.165) is 66.3 Å². The Morgan fingerprint density at radius 3 is 1.30 bits per heavy atom. The highest BCUT2D eigenvalue weighted by Crippen LogP contribution is 2.43. The average molecular weight is 693 g/mol. The fraction of sp³-hybridized carbons (Fsp3) is 0. The predicted molar refractivity (Wildman–Crippen MR) is 220 cm³/mol. The highest BCUT2D eigenvalue weighted by atomic mass is 16.2. The minimum atomic E-state index is -0.341. The molecule has 0 atom stereocenters. The largest absolute Gasteiger partial charge is 0.308 e. The Bertz CT molecular complexity index is 2800. The fourth-order valence-electron chi connectivity index (χ4n) is 7.97. The van der Waals surface area contributed by atoms with Crippen LogP contribution in [0.25, 0.3) is 72.0 Å². The molecule has 0 aliphatic carbocycles. The maximum atomic E-state index is 14.9. The molecule has 4 heteroatoms. The molecule has 4 nitrogen and oxygen atoms in total. The molecule has 0 N–H and O–H groups in total. The van der Waals surface area contributed by atoms with Crippen LogP contribution in [0.1, 0.15) is 20.7 Å². The van der Waals surface area contributed by atoms with Crippen molar-refractivity contribution < 1.29 is 9.59 Å². The number of carbonyl (C=O) groups is 2. The van der Waals surface area contributed by atoms with Crippen molar-refractivity contribution in [1.29, 1.82) is 0 Å². The number of hydrogen-bond acceptors (Lipinski definition) is 2. The van der Waals surface area contributed by atoms with Gasteiger partial charge in [-0.05, 0) is 87.5 Å². The van der Waals surface area contributed by atoms with Crippen LogP contribution in [0.5, 0.6) is 0 Å². The van der Waals surface area contributed by atoms with E-state index >= 15 is 0 Å². The van der Waals surface area contributed by atoms with Gasteiger partial charge in [-0.2, -0.15) is 0 Å². The van der Waals surface area contributed by atoms with Crippen molar-refractivity contribution >= 4 is 39.3 Å². The Labute approximate surface area is 312 Å². The maximum absolute atomic E-state index is 14.9. The van der Waals surface area contributed by atoms with Crippen LogP contribution >= 0.6 is 0 Å². The van der Waals surface area contributed by atoms with Gasteiger partial charge in [0.15, 0.2) is 0 Å². The number of hydrogen-bond donors (Lipinski definition) is 0. The van der Waals surface area contributed by atoms with Crippen LogP contribution in [-0.2, 0) is 0 Å². The summed E-state index contributed by atoms with van der Waals surface area (Å²) in [6.07, 6.45) is 0. The van der Waals surface area contributed by atoms with Crippen molar-refractivity contribution in [2.45, 2.75) is 0 Å². The second kappa shape index (κ2) is 12.7. The number of nitrogens with zero attached hydrogens (tertiary/aromatic N) is 2. The minimum absolute atomic E-state index is 0.333. The van der Waals surface area contributed by atoms with Gasteiger partial charge in [0.05, 0.1) is 33.5 Å². The Morgan fingerprint density at radius 2 is 0.778 bits per heavy atom. The van der Waals surface area contributed by atoms with Crippen molar-refractivity contribution in [3.8, 4) is 50.2 Å². The number of amides is 2. The van der Waals surface area contributed by atoms with E-state index in [1.807, 2.05) is 84.9 Å². The zero-order valence-corrected chi connectivity index (χ0v) is 29.2. The first-order valence-electron chi connectivity index (χ1n) is 18.1. The normalized spacial score (nSPS) is 12.5. The summed E-state index contributed by atoms with van der Waals surface area (Å²) < 4.78 is 2.15. The molecule has 8 aromatic carbocycles. The Hall–Kier alpha value is -7.30. The van der Waals surface area contributed by atoms with Crippen molar-refractivity contribution in [1.82, 2.24) is 4.57 Å². The monoisotopic (exact) mass is 692 g/mol. The lowest BCUT2D eigenvalue weighted by Gasteiger charge is -2.20. The molecule has 1 aliphatic rings. The van der Waals surface area contributed by atoms with Gasteiger partial charge in [0, 0.05) is 16.3 Å². The Morgan fingerprint density at radius 1 is 0.315 bits per heavy atom. The summed E-state index contributed by atoms with van der Waals surface area (Å²) in [5, 5.41) is 2.14. The second-order valence-corrected chi connectivity index (χ2v) is 13.6. The van der Waals surface area contributed by atoms with Gasteiger partial charge < -0.3 is 4.57 Å². The first-order chi connectivity index (χ1) is 26.6. The predicted octanol–water partition coefficient (Wildman–Crippen LogP) is 12.3. The van der Waals surface area contributed by atoms with Gasteiger partial charge in [0.25, 0.3) is 11.8 Å². The molecule has 2 heterocycles. The molecule has 0 radical (unpaired) electrons. The topological polar surface area (TPSA) is 42.3 Å². The molecule has 0 fully saturated rings. The zero-order valence-electron chi connectivity index (χ0n) is 29.2. The second-order valence-electron chi connectivity index (χ2n) is 13.6. The van der Waals surface area contributed by atoms with Gasteiger partial charge in [-0.25, -0.2) is 4.90 Å². The number of fused-ring (bicyclic) bond motifs is 4. The number of benzene rings is 8. The van der Waals surface area contributed by atoms with Crippen LogP contribution in [0.4, 0.5) is 5.69 Å².